The molecular weight excluding hydrogens is 292 g/mol. The van der Waals surface area contributed by atoms with Crippen LogP contribution in [-0.4, -0.2) is 69.9 Å². The van der Waals surface area contributed by atoms with E-state index in [4.69, 9.17) is 0 Å². The van der Waals surface area contributed by atoms with E-state index in [1.807, 2.05) is 20.9 Å². The Bertz CT molecular complexity index is 431. The third-order valence-electron chi connectivity index (χ3n) is 3.45. The predicted molar refractivity (Wildman–Crippen MR) is 83.1 cm³/mol. The molecule has 0 aromatic heterocycles. The zero-order chi connectivity index (χ0) is 16.0. The Balaban J connectivity index is 2.74. The SMILES string of the molecule is CCNS(=O)(=O)NC(CC(C)C)C(=O)N1CCN(C)CC1. The highest BCUT2D eigenvalue weighted by Crippen LogP contribution is 2.11. The molecular formula is C13H28N4O3S. The van der Waals surface area contributed by atoms with Crippen LogP contribution in [0.15, 0.2) is 0 Å². The number of amides is 1. The maximum Gasteiger partial charge on any atom is 0.277 e. The molecule has 2 N–H and O–H groups in total. The number of piperazine rings is 1. The first-order valence-corrected chi connectivity index (χ1v) is 8.97. The fourth-order valence-electron chi connectivity index (χ4n) is 2.34. The third kappa shape index (κ3) is 6.29. The van der Waals surface area contributed by atoms with Crippen LogP contribution in [0.25, 0.3) is 0 Å². The summed E-state index contributed by atoms with van der Waals surface area (Å²) in [5.41, 5.74) is 0. The number of carbonyl (C=O) groups is 1. The van der Waals surface area contributed by atoms with E-state index in [9.17, 15) is 13.2 Å². The normalized spacial score (nSPS) is 19.0. The molecule has 124 valence electrons. The zero-order valence-corrected chi connectivity index (χ0v) is 14.2. The molecule has 8 heteroatoms. The Hall–Kier alpha value is -0.700. The molecule has 1 heterocycles. The van der Waals surface area contributed by atoms with Crippen LogP contribution in [0.5, 0.6) is 0 Å². The van der Waals surface area contributed by atoms with Crippen LogP contribution in [0.4, 0.5) is 0 Å². The number of likely N-dealkylation sites (N-methyl/N-ethyl adjacent to an activating group) is 1. The highest BCUT2D eigenvalue weighted by Gasteiger charge is 2.30. The van der Waals surface area contributed by atoms with Crippen molar-refractivity contribution in [1.29, 1.82) is 0 Å². The Morgan fingerprint density at radius 3 is 2.24 bits per heavy atom. The second-order valence-corrected chi connectivity index (χ2v) is 7.46. The second-order valence-electron chi connectivity index (χ2n) is 5.93. The summed E-state index contributed by atoms with van der Waals surface area (Å²) in [6.45, 7) is 8.89. The van der Waals surface area contributed by atoms with Crippen molar-refractivity contribution >= 4 is 16.1 Å². The lowest BCUT2D eigenvalue weighted by atomic mass is 10.0. The van der Waals surface area contributed by atoms with E-state index < -0.39 is 16.3 Å². The standard InChI is InChI=1S/C13H28N4O3S/c1-5-14-21(19,20)15-12(10-11(2)3)13(18)17-8-6-16(4)7-9-17/h11-12,14-15H,5-10H2,1-4H3. The fraction of sp³-hybridized carbons (Fsp3) is 0.923. The lowest BCUT2D eigenvalue weighted by molar-refractivity contribution is -0.135. The first-order chi connectivity index (χ1) is 9.75. The van der Waals surface area contributed by atoms with E-state index in [0.29, 0.717) is 26.1 Å². The van der Waals surface area contributed by atoms with E-state index >= 15 is 0 Å². The number of rotatable bonds is 7. The predicted octanol–water partition coefficient (Wildman–Crippen LogP) is -0.381. The molecule has 1 atom stereocenters. The third-order valence-corrected chi connectivity index (χ3v) is 4.72. The lowest BCUT2D eigenvalue weighted by Gasteiger charge is -2.35. The summed E-state index contributed by atoms with van der Waals surface area (Å²) in [6.07, 6.45) is 0.496. The molecule has 0 aromatic rings. The number of hydrogen-bond acceptors (Lipinski definition) is 4. The molecule has 7 nitrogen and oxygen atoms in total. The molecule has 21 heavy (non-hydrogen) atoms. The van der Waals surface area contributed by atoms with Gasteiger partial charge < -0.3 is 9.80 Å². The van der Waals surface area contributed by atoms with Gasteiger partial charge in [0, 0.05) is 32.7 Å². The smallest absolute Gasteiger partial charge is 0.277 e. The molecule has 0 aliphatic carbocycles. The monoisotopic (exact) mass is 320 g/mol. The Labute approximate surface area is 128 Å². The minimum atomic E-state index is -3.63. The average Bonchev–Trinajstić information content (AvgIpc) is 2.37. The molecule has 1 rings (SSSR count). The maximum absolute atomic E-state index is 12.6. The van der Waals surface area contributed by atoms with Gasteiger partial charge >= 0.3 is 0 Å². The summed E-state index contributed by atoms with van der Waals surface area (Å²) in [7, 11) is -1.61. The first-order valence-electron chi connectivity index (χ1n) is 7.49. The van der Waals surface area contributed by atoms with Crippen molar-refractivity contribution < 1.29 is 13.2 Å². The molecule has 1 unspecified atom stereocenters. The van der Waals surface area contributed by atoms with Crippen molar-refractivity contribution in [3.05, 3.63) is 0 Å². The van der Waals surface area contributed by atoms with E-state index in [2.05, 4.69) is 14.3 Å². The van der Waals surface area contributed by atoms with E-state index in [1.54, 1.807) is 11.8 Å². The van der Waals surface area contributed by atoms with Gasteiger partial charge in [-0.25, -0.2) is 4.72 Å². The van der Waals surface area contributed by atoms with Crippen LogP contribution in [0.3, 0.4) is 0 Å². The Morgan fingerprint density at radius 1 is 1.19 bits per heavy atom. The minimum Gasteiger partial charge on any atom is -0.339 e. The summed E-state index contributed by atoms with van der Waals surface area (Å²) in [5, 5.41) is 0. The average molecular weight is 320 g/mol. The molecule has 1 amide bonds. The van der Waals surface area contributed by atoms with Gasteiger partial charge in [-0.05, 0) is 19.4 Å². The van der Waals surface area contributed by atoms with Crippen LogP contribution in [0, 0.1) is 5.92 Å². The minimum absolute atomic E-state index is 0.127. The van der Waals surface area contributed by atoms with E-state index in [-0.39, 0.29) is 11.8 Å². The summed E-state index contributed by atoms with van der Waals surface area (Å²) < 4.78 is 28.6. The van der Waals surface area contributed by atoms with Gasteiger partial charge in [-0.15, -0.1) is 0 Å². The summed E-state index contributed by atoms with van der Waals surface area (Å²) in [5.74, 6) is 0.106. The molecule has 1 fully saturated rings. The topological polar surface area (TPSA) is 81.8 Å². The number of nitrogens with zero attached hydrogens (tertiary/aromatic N) is 2. The van der Waals surface area contributed by atoms with Gasteiger partial charge in [0.25, 0.3) is 10.2 Å². The van der Waals surface area contributed by atoms with Gasteiger partial charge in [-0.2, -0.15) is 13.1 Å². The molecule has 1 aliphatic heterocycles. The first kappa shape index (κ1) is 18.3. The van der Waals surface area contributed by atoms with Crippen molar-refractivity contribution in [3.63, 3.8) is 0 Å². The number of hydrogen-bond donors (Lipinski definition) is 2. The second kappa shape index (κ2) is 8.07. The van der Waals surface area contributed by atoms with Crippen LogP contribution in [-0.2, 0) is 15.0 Å². The van der Waals surface area contributed by atoms with Gasteiger partial charge in [-0.3, -0.25) is 4.79 Å². The quantitative estimate of drug-likeness (QED) is 0.670. The van der Waals surface area contributed by atoms with Crippen molar-refractivity contribution in [1.82, 2.24) is 19.2 Å². The summed E-state index contributed by atoms with van der Waals surface area (Å²) in [4.78, 5) is 16.5. The molecule has 1 aliphatic rings. The van der Waals surface area contributed by atoms with Gasteiger partial charge in [0.1, 0.15) is 6.04 Å². The highest BCUT2D eigenvalue weighted by molar-refractivity contribution is 7.87. The number of carbonyl (C=O) groups excluding carboxylic acids is 1. The van der Waals surface area contributed by atoms with Crippen molar-refractivity contribution in [3.8, 4) is 0 Å². The molecule has 0 radical (unpaired) electrons. The number of nitrogens with one attached hydrogen (secondary N) is 2. The fourth-order valence-corrected chi connectivity index (χ4v) is 3.37. The van der Waals surface area contributed by atoms with Gasteiger partial charge in [0.15, 0.2) is 0 Å². The van der Waals surface area contributed by atoms with Crippen LogP contribution < -0.4 is 9.44 Å². The zero-order valence-electron chi connectivity index (χ0n) is 13.4. The van der Waals surface area contributed by atoms with Gasteiger partial charge in [0.05, 0.1) is 0 Å². The van der Waals surface area contributed by atoms with E-state index in [0.717, 1.165) is 13.1 Å². The molecule has 0 saturated carbocycles. The highest BCUT2D eigenvalue weighted by atomic mass is 32.2. The Kier molecular flexibility index (Phi) is 7.05. The molecule has 1 saturated heterocycles. The molecule has 0 spiro atoms. The largest absolute Gasteiger partial charge is 0.339 e. The van der Waals surface area contributed by atoms with Crippen LogP contribution in [0.2, 0.25) is 0 Å². The molecule has 0 bridgehead atoms. The van der Waals surface area contributed by atoms with Gasteiger partial charge in [-0.1, -0.05) is 20.8 Å². The van der Waals surface area contributed by atoms with Crippen molar-refractivity contribution in [2.24, 2.45) is 5.92 Å². The lowest BCUT2D eigenvalue weighted by Crippen LogP contribution is -2.55. The molecule has 0 aromatic carbocycles. The summed E-state index contributed by atoms with van der Waals surface area (Å²) >= 11 is 0. The van der Waals surface area contributed by atoms with Crippen LogP contribution >= 0.6 is 0 Å². The maximum atomic E-state index is 12.6. The Morgan fingerprint density at radius 2 is 1.76 bits per heavy atom. The van der Waals surface area contributed by atoms with Crippen molar-refractivity contribution in [2.45, 2.75) is 33.2 Å². The van der Waals surface area contributed by atoms with Crippen molar-refractivity contribution in [2.75, 3.05) is 39.8 Å². The van der Waals surface area contributed by atoms with E-state index in [1.165, 1.54) is 0 Å². The van der Waals surface area contributed by atoms with Crippen LogP contribution in [0.1, 0.15) is 27.2 Å². The van der Waals surface area contributed by atoms with Gasteiger partial charge in [0.2, 0.25) is 5.91 Å². The summed E-state index contributed by atoms with van der Waals surface area (Å²) in [6, 6.07) is -0.697.